The van der Waals surface area contributed by atoms with E-state index in [1.54, 1.807) is 29.1 Å². The number of pyridine rings is 1. The van der Waals surface area contributed by atoms with Crippen LogP contribution >= 0.6 is 11.6 Å². The second-order valence-electron chi connectivity index (χ2n) is 9.47. The zero-order chi connectivity index (χ0) is 27.6. The molecule has 0 saturated carbocycles. The van der Waals surface area contributed by atoms with Crippen LogP contribution in [0.1, 0.15) is 25.5 Å². The number of halogens is 4. The number of nitrogens with zero attached hydrogens (tertiary/aromatic N) is 4. The Morgan fingerprint density at radius 1 is 1.21 bits per heavy atom. The number of hydrogen-bond donors (Lipinski definition) is 3. The number of nitrogens with two attached hydrogens (primary N) is 1. The Kier molecular flexibility index (Phi) is 8.00. The number of carbonyl (C=O) groups is 2. The third kappa shape index (κ3) is 6.29. The van der Waals surface area contributed by atoms with Gasteiger partial charge in [-0.1, -0.05) is 11.6 Å². The Morgan fingerprint density at radius 2 is 1.95 bits per heavy atom. The number of hydrogen-bond acceptors (Lipinski definition) is 6. The van der Waals surface area contributed by atoms with Gasteiger partial charge in [-0.25, -0.2) is 9.78 Å². The number of aliphatic imine (C=N–C) groups is 1. The minimum atomic E-state index is -4.65. The molecule has 1 aromatic carbocycles. The highest BCUT2D eigenvalue weighted by Gasteiger charge is 2.35. The third-order valence-corrected chi connectivity index (χ3v) is 6.88. The number of nitrogens with one attached hydrogen (secondary N) is 2. The van der Waals surface area contributed by atoms with Crippen molar-refractivity contribution in [3.8, 4) is 0 Å². The minimum absolute atomic E-state index is 0.138. The van der Waals surface area contributed by atoms with E-state index < -0.39 is 24.0 Å². The molecule has 1 aromatic heterocycles. The minimum Gasteiger partial charge on any atom is -0.400 e. The summed E-state index contributed by atoms with van der Waals surface area (Å²) in [6.45, 7) is 2.66. The lowest BCUT2D eigenvalue weighted by atomic mass is 9.99. The Morgan fingerprint density at radius 3 is 2.61 bits per heavy atom. The monoisotopic (exact) mass is 551 g/mol. The van der Waals surface area contributed by atoms with Crippen molar-refractivity contribution in [3.63, 3.8) is 0 Å². The summed E-state index contributed by atoms with van der Waals surface area (Å²) >= 11 is 6.12. The predicted octanol–water partition coefficient (Wildman–Crippen LogP) is 3.64. The van der Waals surface area contributed by atoms with Crippen LogP contribution in [0.25, 0.3) is 10.9 Å². The van der Waals surface area contributed by atoms with Crippen LogP contribution < -0.4 is 16.4 Å². The van der Waals surface area contributed by atoms with Gasteiger partial charge in [0.25, 0.3) is 0 Å². The van der Waals surface area contributed by atoms with Gasteiger partial charge in [0.2, 0.25) is 5.91 Å². The normalized spacial score (nSPS) is 20.8. The summed E-state index contributed by atoms with van der Waals surface area (Å²) in [4.78, 5) is 36.2. The van der Waals surface area contributed by atoms with E-state index in [1.165, 1.54) is 19.1 Å². The van der Waals surface area contributed by atoms with E-state index in [0.717, 1.165) is 11.6 Å². The van der Waals surface area contributed by atoms with Crippen molar-refractivity contribution in [1.82, 2.24) is 20.1 Å². The van der Waals surface area contributed by atoms with E-state index in [1.807, 2.05) is 0 Å². The van der Waals surface area contributed by atoms with Crippen LogP contribution in [0.5, 0.6) is 0 Å². The standard InChI is InChI=1S/C25H29ClF3N7O2/c1-14(37)36-11-17(8-18(12-36)33-24(38)35-6-5-15(10-31-2)20(30)13-35)32-22-9-23(25(27,28)29)34-21-4-3-16(26)7-19(21)22/h3-4,7,9-10,17-18H,5-6,8,11-13,30H2,1-2H3,(H,32,34)(H,33,38)/t17-,18+/m1/s1. The molecular weight excluding hydrogens is 523 g/mol. The van der Waals surface area contributed by atoms with Gasteiger partial charge in [0, 0.05) is 67.7 Å². The van der Waals surface area contributed by atoms with Crippen molar-refractivity contribution in [2.75, 3.05) is 38.5 Å². The highest BCUT2D eigenvalue weighted by Crippen LogP contribution is 2.35. The zero-order valence-corrected chi connectivity index (χ0v) is 21.7. The van der Waals surface area contributed by atoms with E-state index in [9.17, 15) is 22.8 Å². The quantitative estimate of drug-likeness (QED) is 0.502. The lowest BCUT2D eigenvalue weighted by molar-refractivity contribution is -0.140. The van der Waals surface area contributed by atoms with Crippen LogP contribution in [0.15, 0.2) is 40.5 Å². The van der Waals surface area contributed by atoms with Gasteiger partial charge in [-0.05, 0) is 42.7 Å². The van der Waals surface area contributed by atoms with E-state index in [2.05, 4.69) is 20.6 Å². The lowest BCUT2D eigenvalue weighted by Gasteiger charge is -2.39. The van der Waals surface area contributed by atoms with E-state index in [0.29, 0.717) is 35.5 Å². The summed E-state index contributed by atoms with van der Waals surface area (Å²) in [7, 11) is 1.65. The van der Waals surface area contributed by atoms with Gasteiger partial charge >= 0.3 is 12.2 Å². The molecule has 1 saturated heterocycles. The van der Waals surface area contributed by atoms with Crippen LogP contribution in [0, 0.1) is 0 Å². The SMILES string of the molecule is CN=CC1=C(N)CN(C(=O)N[C@H]2C[C@@H](Nc3cc(C(F)(F)F)nc4ccc(Cl)cc34)CN(C(C)=O)C2)CC1. The van der Waals surface area contributed by atoms with Crippen molar-refractivity contribution in [3.05, 3.63) is 46.3 Å². The van der Waals surface area contributed by atoms with Crippen LogP contribution in [-0.2, 0) is 11.0 Å². The number of anilines is 1. The summed E-state index contributed by atoms with van der Waals surface area (Å²) in [6, 6.07) is 4.20. The van der Waals surface area contributed by atoms with Gasteiger partial charge in [0.1, 0.15) is 5.69 Å². The number of benzene rings is 1. The first-order chi connectivity index (χ1) is 17.9. The Bertz CT molecular complexity index is 1300. The molecule has 2 aromatic rings. The first kappa shape index (κ1) is 27.5. The molecule has 38 heavy (non-hydrogen) atoms. The molecule has 1 fully saturated rings. The smallest absolute Gasteiger partial charge is 0.400 e. The summed E-state index contributed by atoms with van der Waals surface area (Å²) in [5.74, 6) is -0.206. The molecule has 3 amide bonds. The van der Waals surface area contributed by atoms with Crippen molar-refractivity contribution >= 4 is 46.3 Å². The average Bonchev–Trinajstić information content (AvgIpc) is 2.84. The molecule has 0 radical (unpaired) electrons. The molecule has 13 heteroatoms. The molecule has 0 spiro atoms. The number of alkyl halides is 3. The molecule has 2 atom stereocenters. The van der Waals surface area contributed by atoms with Crippen molar-refractivity contribution in [1.29, 1.82) is 0 Å². The lowest BCUT2D eigenvalue weighted by Crippen LogP contribution is -2.58. The summed E-state index contributed by atoms with van der Waals surface area (Å²) in [5.41, 5.74) is 6.86. The highest BCUT2D eigenvalue weighted by molar-refractivity contribution is 6.31. The third-order valence-electron chi connectivity index (χ3n) is 6.64. The van der Waals surface area contributed by atoms with Crippen LogP contribution in [0.4, 0.5) is 23.7 Å². The largest absolute Gasteiger partial charge is 0.433 e. The van der Waals surface area contributed by atoms with Crippen molar-refractivity contribution in [2.45, 2.75) is 38.0 Å². The predicted molar refractivity (Wildman–Crippen MR) is 140 cm³/mol. The first-order valence-electron chi connectivity index (χ1n) is 12.1. The van der Waals surface area contributed by atoms with E-state index in [4.69, 9.17) is 17.3 Å². The molecule has 9 nitrogen and oxygen atoms in total. The molecule has 0 aliphatic carbocycles. The number of rotatable bonds is 4. The van der Waals surface area contributed by atoms with Crippen LogP contribution in [0.3, 0.4) is 0 Å². The second-order valence-corrected chi connectivity index (χ2v) is 9.91. The van der Waals surface area contributed by atoms with Crippen molar-refractivity contribution < 1.29 is 22.8 Å². The van der Waals surface area contributed by atoms with Gasteiger partial charge < -0.3 is 26.2 Å². The van der Waals surface area contributed by atoms with Gasteiger partial charge in [-0.2, -0.15) is 13.2 Å². The number of urea groups is 1. The van der Waals surface area contributed by atoms with E-state index in [-0.39, 0.29) is 42.8 Å². The fourth-order valence-electron chi connectivity index (χ4n) is 4.79. The number of piperidine rings is 1. The zero-order valence-electron chi connectivity index (χ0n) is 21.0. The number of aromatic nitrogens is 1. The Labute approximate surface area is 222 Å². The molecule has 0 unspecified atom stereocenters. The number of carbonyl (C=O) groups excluding carboxylic acids is 2. The van der Waals surface area contributed by atoms with Crippen molar-refractivity contribution in [2.24, 2.45) is 10.7 Å². The molecular formula is C25H29ClF3N7O2. The molecule has 0 bridgehead atoms. The second kappa shape index (κ2) is 11.1. The summed E-state index contributed by atoms with van der Waals surface area (Å²) in [6.07, 6.45) is -2.00. The molecule has 204 valence electrons. The number of fused-ring (bicyclic) bond motifs is 1. The van der Waals surface area contributed by atoms with Gasteiger partial charge in [-0.15, -0.1) is 0 Å². The molecule has 3 heterocycles. The Balaban J connectivity index is 1.55. The average molecular weight is 552 g/mol. The maximum Gasteiger partial charge on any atom is 0.433 e. The maximum atomic E-state index is 13.6. The number of likely N-dealkylation sites (tertiary alicyclic amines) is 1. The fourth-order valence-corrected chi connectivity index (χ4v) is 4.96. The van der Waals surface area contributed by atoms with Crippen LogP contribution in [0.2, 0.25) is 5.02 Å². The molecule has 2 aliphatic heterocycles. The van der Waals surface area contributed by atoms with Crippen LogP contribution in [-0.4, -0.2) is 78.2 Å². The Hall–Kier alpha value is -3.54. The summed E-state index contributed by atoms with van der Waals surface area (Å²) < 4.78 is 40.7. The molecule has 4 N–H and O–H groups in total. The first-order valence-corrected chi connectivity index (χ1v) is 12.5. The number of amides is 3. The fraction of sp³-hybridized carbons (Fsp3) is 0.440. The molecule has 4 rings (SSSR count). The molecule has 2 aliphatic rings. The summed E-state index contributed by atoms with van der Waals surface area (Å²) in [5, 5.41) is 6.90. The highest BCUT2D eigenvalue weighted by atomic mass is 35.5. The van der Waals surface area contributed by atoms with Gasteiger partial charge in [0.05, 0.1) is 18.1 Å². The van der Waals surface area contributed by atoms with E-state index >= 15 is 0 Å². The van der Waals surface area contributed by atoms with Gasteiger partial charge in [0.15, 0.2) is 0 Å². The maximum absolute atomic E-state index is 13.6. The topological polar surface area (TPSA) is 116 Å². The van der Waals surface area contributed by atoms with Gasteiger partial charge in [-0.3, -0.25) is 9.79 Å².